The summed E-state index contributed by atoms with van der Waals surface area (Å²) in [4.78, 5) is 0. The second-order valence-electron chi connectivity index (χ2n) is 10.2. The minimum absolute atomic E-state index is 0.0260. The number of rotatable bonds is 8. The summed E-state index contributed by atoms with van der Waals surface area (Å²) in [6.07, 6.45) is 0. The molecular formula is C37H30N2O4. The molecule has 0 aliphatic heterocycles. The van der Waals surface area contributed by atoms with E-state index in [-0.39, 0.29) is 11.5 Å². The highest BCUT2D eigenvalue weighted by atomic mass is 16.5. The Labute approximate surface area is 250 Å². The zero-order valence-corrected chi connectivity index (χ0v) is 23.2. The first-order chi connectivity index (χ1) is 20.9. The van der Waals surface area contributed by atoms with Gasteiger partial charge in [0.1, 0.15) is 34.5 Å². The highest BCUT2D eigenvalue weighted by molar-refractivity contribution is 5.61. The zero-order valence-electron chi connectivity index (χ0n) is 23.2. The van der Waals surface area contributed by atoms with E-state index in [9.17, 15) is 10.2 Å². The number of anilines is 2. The minimum Gasteiger partial charge on any atom is -0.506 e. The second-order valence-corrected chi connectivity index (χ2v) is 10.2. The van der Waals surface area contributed by atoms with Crippen LogP contribution in [0.4, 0.5) is 11.4 Å². The second kappa shape index (κ2) is 11.5. The Morgan fingerprint density at radius 2 is 0.721 bits per heavy atom. The third-order valence-electron chi connectivity index (χ3n) is 7.46. The van der Waals surface area contributed by atoms with E-state index < -0.39 is 5.41 Å². The minimum atomic E-state index is -0.668. The molecule has 212 valence electrons. The average molecular weight is 567 g/mol. The lowest BCUT2D eigenvalue weighted by atomic mass is 9.65. The van der Waals surface area contributed by atoms with Gasteiger partial charge in [0.05, 0.1) is 16.8 Å². The molecule has 6 aromatic rings. The van der Waals surface area contributed by atoms with Gasteiger partial charge in [-0.25, -0.2) is 0 Å². The summed E-state index contributed by atoms with van der Waals surface area (Å²) in [7, 11) is 0. The summed E-state index contributed by atoms with van der Waals surface area (Å²) in [5, 5.41) is 20.0. The Bertz CT molecular complexity index is 1700. The van der Waals surface area contributed by atoms with E-state index in [0.29, 0.717) is 34.4 Å². The molecule has 0 spiro atoms. The van der Waals surface area contributed by atoms with Gasteiger partial charge in [-0.05, 0) is 70.8 Å². The quantitative estimate of drug-likeness (QED) is 0.0839. The van der Waals surface area contributed by atoms with Crippen LogP contribution in [0, 0.1) is 0 Å². The van der Waals surface area contributed by atoms with Crippen LogP contribution < -0.4 is 20.9 Å². The molecule has 0 aliphatic rings. The van der Waals surface area contributed by atoms with Crippen LogP contribution in [0.5, 0.6) is 34.5 Å². The number of hydrogen-bond donors (Lipinski definition) is 4. The maximum absolute atomic E-state index is 10.0. The van der Waals surface area contributed by atoms with E-state index in [1.165, 1.54) is 12.1 Å². The number of phenols is 2. The van der Waals surface area contributed by atoms with Crippen LogP contribution in [0.3, 0.4) is 0 Å². The number of benzene rings is 6. The van der Waals surface area contributed by atoms with Crippen molar-refractivity contribution in [3.05, 3.63) is 168 Å². The molecule has 0 unspecified atom stereocenters. The molecule has 0 amide bonds. The number of nitrogens with two attached hydrogens (primary N) is 2. The smallest absolute Gasteiger partial charge is 0.142 e. The van der Waals surface area contributed by atoms with Gasteiger partial charge in [0.15, 0.2) is 0 Å². The van der Waals surface area contributed by atoms with Crippen molar-refractivity contribution < 1.29 is 19.7 Å². The Morgan fingerprint density at radius 1 is 0.395 bits per heavy atom. The molecule has 0 aliphatic carbocycles. The first-order valence-electron chi connectivity index (χ1n) is 13.8. The lowest BCUT2D eigenvalue weighted by molar-refractivity contribution is 0.456. The normalized spacial score (nSPS) is 11.2. The van der Waals surface area contributed by atoms with Gasteiger partial charge in [-0.2, -0.15) is 0 Å². The van der Waals surface area contributed by atoms with Crippen LogP contribution in [-0.4, -0.2) is 10.2 Å². The standard InChI is InChI=1S/C37H30N2O4/c38-33-21-19-31(23-35(33)40)42-29-15-11-27(12-16-29)37(25-7-3-1-4-8-25,26-9-5-2-6-10-26)28-13-17-30(18-14-28)43-32-20-22-34(39)36(41)24-32/h1-24,40-41H,38-39H2. The van der Waals surface area contributed by atoms with Crippen LogP contribution in [0.25, 0.3) is 0 Å². The van der Waals surface area contributed by atoms with Crippen molar-refractivity contribution in [3.63, 3.8) is 0 Å². The van der Waals surface area contributed by atoms with Gasteiger partial charge in [-0.1, -0.05) is 84.9 Å². The molecular weight excluding hydrogens is 536 g/mol. The SMILES string of the molecule is Nc1ccc(Oc2ccc(C(c3ccccc3)(c3ccccc3)c3ccc(Oc4ccc(N)c(O)c4)cc3)cc2)cc1O. The van der Waals surface area contributed by atoms with E-state index in [0.717, 1.165) is 22.3 Å². The predicted octanol–water partition coefficient (Wildman–Crippen LogP) is 8.23. The van der Waals surface area contributed by atoms with Crippen LogP contribution in [0.1, 0.15) is 22.3 Å². The lowest BCUT2D eigenvalue weighted by Crippen LogP contribution is -2.30. The van der Waals surface area contributed by atoms with E-state index >= 15 is 0 Å². The molecule has 6 nitrogen and oxygen atoms in total. The van der Waals surface area contributed by atoms with Crippen molar-refractivity contribution in [3.8, 4) is 34.5 Å². The topological polar surface area (TPSA) is 111 Å². The monoisotopic (exact) mass is 566 g/mol. The fourth-order valence-electron chi connectivity index (χ4n) is 5.37. The molecule has 0 saturated heterocycles. The third-order valence-corrected chi connectivity index (χ3v) is 7.46. The van der Waals surface area contributed by atoms with Crippen LogP contribution in [0.2, 0.25) is 0 Å². The molecule has 0 atom stereocenters. The number of hydrogen-bond acceptors (Lipinski definition) is 6. The lowest BCUT2D eigenvalue weighted by Gasteiger charge is -2.37. The Balaban J connectivity index is 1.44. The number of ether oxygens (including phenoxy) is 2. The van der Waals surface area contributed by atoms with E-state index in [4.69, 9.17) is 20.9 Å². The summed E-state index contributed by atoms with van der Waals surface area (Å²) >= 11 is 0. The number of aromatic hydroxyl groups is 2. The van der Waals surface area contributed by atoms with Gasteiger partial charge in [0.25, 0.3) is 0 Å². The summed E-state index contributed by atoms with van der Waals surface area (Å²) in [5.74, 6) is 2.17. The average Bonchev–Trinajstić information content (AvgIpc) is 3.04. The molecule has 0 radical (unpaired) electrons. The summed E-state index contributed by atoms with van der Waals surface area (Å²) in [6, 6.07) is 46.3. The molecule has 43 heavy (non-hydrogen) atoms. The van der Waals surface area contributed by atoms with Crippen LogP contribution in [-0.2, 0) is 5.41 Å². The van der Waals surface area contributed by atoms with E-state index in [2.05, 4.69) is 48.5 Å². The van der Waals surface area contributed by atoms with Crippen molar-refractivity contribution in [1.29, 1.82) is 0 Å². The molecule has 6 N–H and O–H groups in total. The van der Waals surface area contributed by atoms with Crippen molar-refractivity contribution in [2.75, 3.05) is 11.5 Å². The molecule has 0 fully saturated rings. The van der Waals surface area contributed by atoms with Crippen molar-refractivity contribution in [2.24, 2.45) is 0 Å². The van der Waals surface area contributed by atoms with Gasteiger partial charge in [0, 0.05) is 12.1 Å². The summed E-state index contributed by atoms with van der Waals surface area (Å²) in [5.41, 5.74) is 15.7. The van der Waals surface area contributed by atoms with Gasteiger partial charge >= 0.3 is 0 Å². The Morgan fingerprint density at radius 3 is 1.07 bits per heavy atom. The van der Waals surface area contributed by atoms with Gasteiger partial charge < -0.3 is 31.2 Å². The first-order valence-corrected chi connectivity index (χ1v) is 13.8. The van der Waals surface area contributed by atoms with Crippen molar-refractivity contribution in [2.45, 2.75) is 5.41 Å². The predicted molar refractivity (Wildman–Crippen MR) is 170 cm³/mol. The fourth-order valence-corrected chi connectivity index (χ4v) is 5.37. The van der Waals surface area contributed by atoms with E-state index in [1.54, 1.807) is 24.3 Å². The van der Waals surface area contributed by atoms with Crippen molar-refractivity contribution in [1.82, 2.24) is 0 Å². The molecule has 0 saturated carbocycles. The third kappa shape index (κ3) is 5.42. The van der Waals surface area contributed by atoms with Crippen LogP contribution >= 0.6 is 0 Å². The maximum Gasteiger partial charge on any atom is 0.142 e. The number of nitrogen functional groups attached to an aromatic ring is 2. The fraction of sp³-hybridized carbons (Fsp3) is 0.0270. The largest absolute Gasteiger partial charge is 0.506 e. The van der Waals surface area contributed by atoms with Gasteiger partial charge in [0.2, 0.25) is 0 Å². The Hall–Kier alpha value is -5.88. The van der Waals surface area contributed by atoms with E-state index in [1.807, 2.05) is 60.7 Å². The zero-order chi connectivity index (χ0) is 29.8. The molecule has 0 bridgehead atoms. The molecule has 6 heteroatoms. The van der Waals surface area contributed by atoms with Crippen molar-refractivity contribution >= 4 is 11.4 Å². The summed E-state index contributed by atoms with van der Waals surface area (Å²) in [6.45, 7) is 0. The number of phenolic OH excluding ortho intramolecular Hbond substituents is 2. The highest BCUT2D eigenvalue weighted by Crippen LogP contribution is 2.46. The summed E-state index contributed by atoms with van der Waals surface area (Å²) < 4.78 is 12.1. The first kappa shape index (κ1) is 27.3. The maximum atomic E-state index is 10.0. The highest BCUT2D eigenvalue weighted by Gasteiger charge is 2.38. The Kier molecular flexibility index (Phi) is 7.33. The molecule has 6 rings (SSSR count). The van der Waals surface area contributed by atoms with Gasteiger partial charge in [-0.3, -0.25) is 0 Å². The molecule has 0 aromatic heterocycles. The van der Waals surface area contributed by atoms with Gasteiger partial charge in [-0.15, -0.1) is 0 Å². The van der Waals surface area contributed by atoms with Crippen LogP contribution in [0.15, 0.2) is 146 Å². The molecule has 6 aromatic carbocycles. The molecule has 0 heterocycles.